The molecule has 1 rings (SSSR count). The molecule has 0 amide bonds. The summed E-state index contributed by atoms with van der Waals surface area (Å²) in [7, 11) is -1.41. The largest absolute Gasteiger partial charge is 0.383 e. The van der Waals surface area contributed by atoms with Crippen molar-refractivity contribution in [2.75, 3.05) is 52.2 Å². The number of guanidine groups is 1. The smallest absolute Gasteiger partial charge is 0.191 e. The summed E-state index contributed by atoms with van der Waals surface area (Å²) in [6.45, 7) is 12.1. The Balaban J connectivity index is 0.00000625. The summed E-state index contributed by atoms with van der Waals surface area (Å²) in [6, 6.07) is 0.371. The maximum atomic E-state index is 12.2. The zero-order chi connectivity index (χ0) is 18.9. The van der Waals surface area contributed by atoms with Gasteiger partial charge in [-0.05, 0) is 40.5 Å². The number of piperidine rings is 1. The van der Waals surface area contributed by atoms with Crippen LogP contribution in [0, 0.1) is 0 Å². The average molecular weight is 504 g/mol. The van der Waals surface area contributed by atoms with Gasteiger partial charge in [0, 0.05) is 39.3 Å². The van der Waals surface area contributed by atoms with Crippen molar-refractivity contribution in [1.29, 1.82) is 0 Å². The summed E-state index contributed by atoms with van der Waals surface area (Å²) in [6.07, 6.45) is 2.10. The number of halogens is 1. The summed E-state index contributed by atoms with van der Waals surface area (Å²) in [4.78, 5) is 6.86. The molecular formula is C17H37IN4O3S. The SMILES string of the molecule is CCNC(=NCCS(=O)(=O)C(C)(C)C)NC1CCN(CCOC)CC1.I. The molecule has 1 fully saturated rings. The standard InChI is InChI=1S/C17H36N4O3S.HI/c1-6-18-16(19-9-14-25(22,23)17(2,3)4)20-15-7-10-21(11-8-15)12-13-24-5;/h15H,6-14H2,1-5H3,(H2,18,19,20);1H. The number of sulfone groups is 1. The lowest BCUT2D eigenvalue weighted by Gasteiger charge is -2.32. The number of likely N-dealkylation sites (tertiary alicyclic amines) is 1. The Morgan fingerprint density at radius 2 is 1.88 bits per heavy atom. The second kappa shape index (κ2) is 12.4. The molecule has 0 aromatic carbocycles. The minimum Gasteiger partial charge on any atom is -0.383 e. The monoisotopic (exact) mass is 504 g/mol. The minimum absolute atomic E-state index is 0. The number of rotatable bonds is 8. The summed E-state index contributed by atoms with van der Waals surface area (Å²) in [5.41, 5.74) is 0. The molecule has 156 valence electrons. The van der Waals surface area contributed by atoms with Gasteiger partial charge in [-0.1, -0.05) is 0 Å². The normalized spacial score (nSPS) is 17.7. The van der Waals surface area contributed by atoms with Gasteiger partial charge in [0.05, 0.1) is 23.7 Å². The molecule has 0 aromatic rings. The van der Waals surface area contributed by atoms with Crippen molar-refractivity contribution < 1.29 is 13.2 Å². The maximum absolute atomic E-state index is 12.2. The molecule has 0 bridgehead atoms. The van der Waals surface area contributed by atoms with E-state index in [0.29, 0.717) is 12.0 Å². The second-order valence-corrected chi connectivity index (χ2v) is 10.3. The molecule has 9 heteroatoms. The van der Waals surface area contributed by atoms with Crippen LogP contribution in [0.1, 0.15) is 40.5 Å². The Kier molecular flexibility index (Phi) is 12.3. The number of hydrogen-bond acceptors (Lipinski definition) is 5. The fraction of sp³-hybridized carbons (Fsp3) is 0.941. The lowest BCUT2D eigenvalue weighted by atomic mass is 10.1. The topological polar surface area (TPSA) is 83.0 Å². The maximum Gasteiger partial charge on any atom is 0.191 e. The molecule has 0 saturated carbocycles. The van der Waals surface area contributed by atoms with Crippen LogP contribution in [-0.2, 0) is 14.6 Å². The molecule has 0 unspecified atom stereocenters. The van der Waals surface area contributed by atoms with Gasteiger partial charge in [0.1, 0.15) is 0 Å². The first-order valence-electron chi connectivity index (χ1n) is 9.18. The van der Waals surface area contributed by atoms with Crippen molar-refractivity contribution in [2.24, 2.45) is 4.99 Å². The van der Waals surface area contributed by atoms with Crippen LogP contribution in [0.4, 0.5) is 0 Å². The van der Waals surface area contributed by atoms with Crippen LogP contribution in [0.25, 0.3) is 0 Å². The first-order valence-corrected chi connectivity index (χ1v) is 10.8. The van der Waals surface area contributed by atoms with E-state index in [0.717, 1.165) is 45.6 Å². The summed E-state index contributed by atoms with van der Waals surface area (Å²) in [5, 5.41) is 6.66. The number of nitrogens with one attached hydrogen (secondary N) is 2. The summed E-state index contributed by atoms with van der Waals surface area (Å²) < 4.78 is 28.8. The van der Waals surface area contributed by atoms with E-state index in [4.69, 9.17) is 4.74 Å². The van der Waals surface area contributed by atoms with E-state index < -0.39 is 14.6 Å². The van der Waals surface area contributed by atoms with Gasteiger partial charge in [-0.3, -0.25) is 4.99 Å². The van der Waals surface area contributed by atoms with Crippen molar-refractivity contribution >= 4 is 39.8 Å². The van der Waals surface area contributed by atoms with Gasteiger partial charge < -0.3 is 20.3 Å². The van der Waals surface area contributed by atoms with Crippen LogP contribution in [0.15, 0.2) is 4.99 Å². The predicted octanol–water partition coefficient (Wildman–Crippen LogP) is 1.48. The first-order chi connectivity index (χ1) is 11.7. The van der Waals surface area contributed by atoms with Gasteiger partial charge in [0.15, 0.2) is 15.8 Å². The van der Waals surface area contributed by atoms with Gasteiger partial charge in [-0.2, -0.15) is 0 Å². The average Bonchev–Trinajstić information content (AvgIpc) is 2.53. The molecule has 0 radical (unpaired) electrons. The Bertz CT molecular complexity index is 513. The summed E-state index contributed by atoms with van der Waals surface area (Å²) >= 11 is 0. The Hall–Kier alpha value is -0.130. The van der Waals surface area contributed by atoms with Crippen molar-refractivity contribution in [2.45, 2.75) is 51.3 Å². The van der Waals surface area contributed by atoms with E-state index in [1.165, 1.54) is 0 Å². The number of aliphatic imine (C=N–C) groups is 1. The third-order valence-corrected chi connectivity index (χ3v) is 7.03. The molecular weight excluding hydrogens is 467 g/mol. The molecule has 0 atom stereocenters. The molecule has 0 aliphatic carbocycles. The van der Waals surface area contributed by atoms with Gasteiger partial charge in [-0.15, -0.1) is 24.0 Å². The van der Waals surface area contributed by atoms with E-state index in [-0.39, 0.29) is 36.3 Å². The lowest BCUT2D eigenvalue weighted by Crippen LogP contribution is -2.49. The fourth-order valence-corrected chi connectivity index (χ4v) is 3.56. The van der Waals surface area contributed by atoms with Crippen molar-refractivity contribution in [1.82, 2.24) is 15.5 Å². The molecule has 7 nitrogen and oxygen atoms in total. The number of hydrogen-bond donors (Lipinski definition) is 2. The molecule has 1 heterocycles. The zero-order valence-electron chi connectivity index (χ0n) is 16.9. The van der Waals surface area contributed by atoms with E-state index in [2.05, 4.69) is 20.5 Å². The minimum atomic E-state index is -3.14. The molecule has 2 N–H and O–H groups in total. The Labute approximate surface area is 176 Å². The number of methoxy groups -OCH3 is 1. The van der Waals surface area contributed by atoms with Crippen LogP contribution in [0.2, 0.25) is 0 Å². The highest BCUT2D eigenvalue weighted by atomic mass is 127. The van der Waals surface area contributed by atoms with Gasteiger partial charge in [0.2, 0.25) is 0 Å². The quantitative estimate of drug-likeness (QED) is 0.296. The first kappa shape index (κ1) is 25.9. The van der Waals surface area contributed by atoms with Crippen LogP contribution < -0.4 is 10.6 Å². The zero-order valence-corrected chi connectivity index (χ0v) is 20.0. The van der Waals surface area contributed by atoms with Crippen LogP contribution in [0.5, 0.6) is 0 Å². The van der Waals surface area contributed by atoms with Gasteiger partial charge in [0.25, 0.3) is 0 Å². The van der Waals surface area contributed by atoms with Gasteiger partial charge >= 0.3 is 0 Å². The molecule has 26 heavy (non-hydrogen) atoms. The number of ether oxygens (including phenoxy) is 1. The Morgan fingerprint density at radius 3 is 2.38 bits per heavy atom. The van der Waals surface area contributed by atoms with Crippen LogP contribution in [0.3, 0.4) is 0 Å². The highest BCUT2D eigenvalue weighted by molar-refractivity contribution is 14.0. The van der Waals surface area contributed by atoms with E-state index in [1.807, 2.05) is 6.92 Å². The van der Waals surface area contributed by atoms with Crippen molar-refractivity contribution in [3.63, 3.8) is 0 Å². The predicted molar refractivity (Wildman–Crippen MR) is 119 cm³/mol. The van der Waals surface area contributed by atoms with Crippen molar-refractivity contribution in [3.05, 3.63) is 0 Å². The highest BCUT2D eigenvalue weighted by Crippen LogP contribution is 2.15. The van der Waals surface area contributed by atoms with E-state index in [9.17, 15) is 8.42 Å². The van der Waals surface area contributed by atoms with E-state index in [1.54, 1.807) is 27.9 Å². The van der Waals surface area contributed by atoms with Crippen LogP contribution >= 0.6 is 24.0 Å². The van der Waals surface area contributed by atoms with Gasteiger partial charge in [-0.25, -0.2) is 8.42 Å². The highest BCUT2D eigenvalue weighted by Gasteiger charge is 2.28. The molecule has 1 aliphatic heterocycles. The molecule has 1 aliphatic rings. The number of nitrogens with zero attached hydrogens (tertiary/aromatic N) is 2. The van der Waals surface area contributed by atoms with Crippen LogP contribution in [-0.4, -0.2) is 82.3 Å². The molecule has 0 spiro atoms. The third-order valence-electron chi connectivity index (χ3n) is 4.45. The lowest BCUT2D eigenvalue weighted by molar-refractivity contribution is 0.128. The van der Waals surface area contributed by atoms with E-state index >= 15 is 0 Å². The van der Waals surface area contributed by atoms with Crippen molar-refractivity contribution in [3.8, 4) is 0 Å². The Morgan fingerprint density at radius 1 is 1.27 bits per heavy atom. The second-order valence-electron chi connectivity index (χ2n) is 7.44. The third kappa shape index (κ3) is 9.18. The molecule has 0 aromatic heterocycles. The fourth-order valence-electron chi connectivity index (χ4n) is 2.62. The summed E-state index contributed by atoms with van der Waals surface area (Å²) in [5.74, 6) is 0.782. The molecule has 1 saturated heterocycles.